The van der Waals surface area contributed by atoms with Gasteiger partial charge in [0.05, 0.1) is 6.10 Å². The minimum absolute atomic E-state index is 0.188. The topological polar surface area (TPSA) is 50.4 Å². The fourth-order valence-electron chi connectivity index (χ4n) is 2.91. The quantitative estimate of drug-likeness (QED) is 0.800. The third-order valence-corrected chi connectivity index (χ3v) is 4.32. The second-order valence-corrected chi connectivity index (χ2v) is 6.08. The SMILES string of the molecule is CC1CCC(CNC(=O)CCC2CCCCO2)CN1. The Balaban J connectivity index is 1.54. The fraction of sp³-hybridized carbons (Fsp3) is 0.933. The summed E-state index contributed by atoms with van der Waals surface area (Å²) in [6, 6.07) is 0.635. The van der Waals surface area contributed by atoms with E-state index in [0.29, 0.717) is 24.5 Å². The molecule has 1 amide bonds. The van der Waals surface area contributed by atoms with Crippen LogP contribution in [0.2, 0.25) is 0 Å². The molecule has 0 aliphatic carbocycles. The summed E-state index contributed by atoms with van der Waals surface area (Å²) in [6.07, 6.45) is 7.80. The van der Waals surface area contributed by atoms with Crippen LogP contribution >= 0.6 is 0 Å². The summed E-state index contributed by atoms with van der Waals surface area (Å²) in [5.41, 5.74) is 0. The predicted octanol–water partition coefficient (Wildman–Crippen LogP) is 1.84. The predicted molar refractivity (Wildman–Crippen MR) is 76.0 cm³/mol. The summed E-state index contributed by atoms with van der Waals surface area (Å²) in [5, 5.41) is 6.54. The summed E-state index contributed by atoms with van der Waals surface area (Å²) in [4.78, 5) is 11.8. The van der Waals surface area contributed by atoms with Crippen molar-refractivity contribution in [3.63, 3.8) is 0 Å². The number of ether oxygens (including phenoxy) is 1. The average Bonchev–Trinajstić information content (AvgIpc) is 2.45. The van der Waals surface area contributed by atoms with Crippen LogP contribution in [0, 0.1) is 5.92 Å². The lowest BCUT2D eigenvalue weighted by Gasteiger charge is -2.27. The summed E-state index contributed by atoms with van der Waals surface area (Å²) in [5.74, 6) is 0.791. The summed E-state index contributed by atoms with van der Waals surface area (Å²) < 4.78 is 5.64. The van der Waals surface area contributed by atoms with Gasteiger partial charge in [0.15, 0.2) is 0 Å². The van der Waals surface area contributed by atoms with Gasteiger partial charge in [0.1, 0.15) is 0 Å². The van der Waals surface area contributed by atoms with Crippen LogP contribution in [0.15, 0.2) is 0 Å². The second kappa shape index (κ2) is 7.85. The first-order valence-corrected chi connectivity index (χ1v) is 7.85. The van der Waals surface area contributed by atoms with Crippen molar-refractivity contribution in [2.24, 2.45) is 5.92 Å². The van der Waals surface area contributed by atoms with Crippen molar-refractivity contribution in [2.75, 3.05) is 19.7 Å². The molecule has 0 aromatic carbocycles. The van der Waals surface area contributed by atoms with E-state index in [2.05, 4.69) is 17.6 Å². The Morgan fingerprint density at radius 2 is 2.21 bits per heavy atom. The molecule has 2 rings (SSSR count). The lowest BCUT2D eigenvalue weighted by Crippen LogP contribution is -2.42. The normalized spacial score (nSPS) is 31.9. The molecule has 2 N–H and O–H groups in total. The lowest BCUT2D eigenvalue weighted by molar-refractivity contribution is -0.122. The van der Waals surface area contributed by atoms with Gasteiger partial charge in [0, 0.05) is 25.6 Å². The number of carbonyl (C=O) groups is 1. The molecule has 4 nitrogen and oxygen atoms in total. The molecular weight excluding hydrogens is 240 g/mol. The Bertz CT molecular complexity index is 269. The molecule has 0 aromatic heterocycles. The zero-order valence-corrected chi connectivity index (χ0v) is 12.1. The molecule has 2 fully saturated rings. The first-order chi connectivity index (χ1) is 9.24. The Morgan fingerprint density at radius 3 is 2.89 bits per heavy atom. The van der Waals surface area contributed by atoms with E-state index in [1.165, 1.54) is 25.7 Å². The van der Waals surface area contributed by atoms with Crippen LogP contribution in [-0.2, 0) is 9.53 Å². The molecule has 2 aliphatic heterocycles. The third kappa shape index (κ3) is 5.49. The van der Waals surface area contributed by atoms with Gasteiger partial charge in [0.2, 0.25) is 5.91 Å². The minimum Gasteiger partial charge on any atom is -0.378 e. The summed E-state index contributed by atoms with van der Waals surface area (Å²) >= 11 is 0. The number of hydrogen-bond acceptors (Lipinski definition) is 3. The third-order valence-electron chi connectivity index (χ3n) is 4.32. The number of rotatable bonds is 5. The van der Waals surface area contributed by atoms with Gasteiger partial charge < -0.3 is 15.4 Å². The van der Waals surface area contributed by atoms with E-state index in [1.807, 2.05) is 0 Å². The number of amides is 1. The molecule has 0 radical (unpaired) electrons. The molecule has 3 unspecified atom stereocenters. The van der Waals surface area contributed by atoms with Crippen molar-refractivity contribution in [3.8, 4) is 0 Å². The smallest absolute Gasteiger partial charge is 0.220 e. The van der Waals surface area contributed by atoms with Gasteiger partial charge in [-0.05, 0) is 57.9 Å². The molecule has 0 spiro atoms. The van der Waals surface area contributed by atoms with Gasteiger partial charge in [-0.15, -0.1) is 0 Å². The van der Waals surface area contributed by atoms with E-state index in [4.69, 9.17) is 4.74 Å². The maximum absolute atomic E-state index is 11.8. The molecule has 3 atom stereocenters. The van der Waals surface area contributed by atoms with Gasteiger partial charge in [-0.2, -0.15) is 0 Å². The first-order valence-electron chi connectivity index (χ1n) is 7.85. The Kier molecular flexibility index (Phi) is 6.11. The zero-order valence-electron chi connectivity index (χ0n) is 12.1. The van der Waals surface area contributed by atoms with Crippen molar-refractivity contribution >= 4 is 5.91 Å². The highest BCUT2D eigenvalue weighted by atomic mass is 16.5. The molecular formula is C15H28N2O2. The molecule has 0 bridgehead atoms. The lowest BCUT2D eigenvalue weighted by atomic mass is 9.95. The standard InChI is InChI=1S/C15H28N2O2/c1-12-5-6-13(10-16-12)11-17-15(18)8-7-14-4-2-3-9-19-14/h12-14,16H,2-11H2,1H3,(H,17,18). The summed E-state index contributed by atoms with van der Waals surface area (Å²) in [6.45, 7) is 4.95. The van der Waals surface area contributed by atoms with Crippen molar-refractivity contribution in [2.45, 2.75) is 64.0 Å². The molecule has 19 heavy (non-hydrogen) atoms. The number of hydrogen-bond donors (Lipinski definition) is 2. The molecule has 2 heterocycles. The van der Waals surface area contributed by atoms with Gasteiger partial charge in [-0.25, -0.2) is 0 Å². The van der Waals surface area contributed by atoms with Crippen molar-refractivity contribution in [1.29, 1.82) is 0 Å². The monoisotopic (exact) mass is 268 g/mol. The van der Waals surface area contributed by atoms with E-state index in [1.54, 1.807) is 0 Å². The highest BCUT2D eigenvalue weighted by Crippen LogP contribution is 2.17. The van der Waals surface area contributed by atoms with Crippen LogP contribution in [0.5, 0.6) is 0 Å². The van der Waals surface area contributed by atoms with Crippen LogP contribution in [0.1, 0.15) is 51.9 Å². The molecule has 2 saturated heterocycles. The van der Waals surface area contributed by atoms with Crippen LogP contribution < -0.4 is 10.6 Å². The molecule has 0 aromatic rings. The minimum atomic E-state index is 0.188. The van der Waals surface area contributed by atoms with Gasteiger partial charge >= 0.3 is 0 Å². The average molecular weight is 268 g/mol. The largest absolute Gasteiger partial charge is 0.378 e. The van der Waals surface area contributed by atoms with Crippen molar-refractivity contribution in [3.05, 3.63) is 0 Å². The Labute approximate surface area is 116 Å². The van der Waals surface area contributed by atoms with Crippen LogP contribution in [0.4, 0.5) is 0 Å². The maximum atomic E-state index is 11.8. The van der Waals surface area contributed by atoms with Gasteiger partial charge in [-0.1, -0.05) is 0 Å². The summed E-state index contributed by atoms with van der Waals surface area (Å²) in [7, 11) is 0. The van der Waals surface area contributed by atoms with Crippen molar-refractivity contribution < 1.29 is 9.53 Å². The van der Waals surface area contributed by atoms with Crippen molar-refractivity contribution in [1.82, 2.24) is 10.6 Å². The molecule has 4 heteroatoms. The second-order valence-electron chi connectivity index (χ2n) is 6.08. The van der Waals surface area contributed by atoms with E-state index >= 15 is 0 Å². The van der Waals surface area contributed by atoms with E-state index < -0.39 is 0 Å². The molecule has 0 saturated carbocycles. The molecule has 110 valence electrons. The number of carbonyl (C=O) groups excluding carboxylic acids is 1. The molecule has 2 aliphatic rings. The number of nitrogens with one attached hydrogen (secondary N) is 2. The van der Waals surface area contributed by atoms with Gasteiger partial charge in [-0.3, -0.25) is 4.79 Å². The first kappa shape index (κ1) is 14.8. The van der Waals surface area contributed by atoms with E-state index in [0.717, 1.165) is 32.5 Å². The van der Waals surface area contributed by atoms with Crippen LogP contribution in [-0.4, -0.2) is 37.7 Å². The maximum Gasteiger partial charge on any atom is 0.220 e. The highest BCUT2D eigenvalue weighted by molar-refractivity contribution is 5.75. The highest BCUT2D eigenvalue weighted by Gasteiger charge is 2.19. The Morgan fingerprint density at radius 1 is 1.32 bits per heavy atom. The van der Waals surface area contributed by atoms with Crippen LogP contribution in [0.3, 0.4) is 0 Å². The van der Waals surface area contributed by atoms with E-state index in [9.17, 15) is 4.79 Å². The zero-order chi connectivity index (χ0) is 13.5. The van der Waals surface area contributed by atoms with Gasteiger partial charge in [0.25, 0.3) is 0 Å². The number of piperidine rings is 1. The van der Waals surface area contributed by atoms with Crippen LogP contribution in [0.25, 0.3) is 0 Å². The fourth-order valence-corrected chi connectivity index (χ4v) is 2.91. The van der Waals surface area contributed by atoms with E-state index in [-0.39, 0.29) is 5.91 Å². The Hall–Kier alpha value is -0.610.